The lowest BCUT2D eigenvalue weighted by atomic mass is 9.98. The predicted octanol–water partition coefficient (Wildman–Crippen LogP) is 1.29. The van der Waals surface area contributed by atoms with Gasteiger partial charge in [-0.2, -0.15) is 0 Å². The molecule has 1 aromatic carbocycles. The zero-order valence-electron chi connectivity index (χ0n) is 11.4. The van der Waals surface area contributed by atoms with Crippen molar-refractivity contribution in [3.05, 3.63) is 30.6 Å². The van der Waals surface area contributed by atoms with Crippen LogP contribution in [-0.2, 0) is 4.79 Å². The van der Waals surface area contributed by atoms with Gasteiger partial charge in [-0.3, -0.25) is 4.79 Å². The van der Waals surface area contributed by atoms with Crippen LogP contribution in [-0.4, -0.2) is 31.7 Å². The van der Waals surface area contributed by atoms with Gasteiger partial charge >= 0.3 is 0 Å². The van der Waals surface area contributed by atoms with Crippen LogP contribution >= 0.6 is 12.4 Å². The van der Waals surface area contributed by atoms with Crippen molar-refractivity contribution in [1.82, 2.24) is 20.2 Å². The number of nitrogens with zero attached hydrogens (tertiary/aromatic N) is 4. The average molecular weight is 309 g/mol. The number of carbonyl (C=O) groups is 1. The van der Waals surface area contributed by atoms with Crippen LogP contribution in [0.2, 0.25) is 0 Å². The largest absolute Gasteiger partial charge is 0.324 e. The van der Waals surface area contributed by atoms with Crippen molar-refractivity contribution in [1.29, 1.82) is 0 Å². The van der Waals surface area contributed by atoms with Crippen molar-refractivity contribution >= 4 is 24.0 Å². The summed E-state index contributed by atoms with van der Waals surface area (Å²) < 4.78 is 1.53. The molecule has 1 heterocycles. The molecule has 112 valence electrons. The van der Waals surface area contributed by atoms with Crippen LogP contribution in [0.1, 0.15) is 25.7 Å². The quantitative estimate of drug-likeness (QED) is 0.890. The molecule has 0 aliphatic heterocycles. The standard InChI is InChI=1S/C13H16N6O.ClH/c14-13(6-1-2-7-13)12(20)16-10-4-3-5-11(8-10)19-9-15-17-18-19;/h3-5,8-9H,1-2,6-7,14H2,(H,16,20);1H. The molecule has 2 aromatic rings. The number of anilines is 1. The number of hydrogen-bond donors (Lipinski definition) is 2. The fourth-order valence-electron chi connectivity index (χ4n) is 2.49. The Morgan fingerprint density at radius 1 is 1.33 bits per heavy atom. The topological polar surface area (TPSA) is 98.7 Å². The number of nitrogens with one attached hydrogen (secondary N) is 1. The van der Waals surface area contributed by atoms with E-state index in [0.29, 0.717) is 5.69 Å². The maximum Gasteiger partial charge on any atom is 0.244 e. The van der Waals surface area contributed by atoms with E-state index in [1.165, 1.54) is 11.0 Å². The molecule has 0 bridgehead atoms. The molecule has 1 aliphatic rings. The maximum absolute atomic E-state index is 12.3. The highest BCUT2D eigenvalue weighted by atomic mass is 35.5. The molecule has 0 spiro atoms. The van der Waals surface area contributed by atoms with Crippen LogP contribution in [0.15, 0.2) is 30.6 Å². The maximum atomic E-state index is 12.3. The molecule has 1 saturated carbocycles. The molecule has 3 N–H and O–H groups in total. The predicted molar refractivity (Wildman–Crippen MR) is 80.4 cm³/mol. The number of halogens is 1. The van der Waals surface area contributed by atoms with Crippen molar-refractivity contribution in [2.45, 2.75) is 31.2 Å². The number of carbonyl (C=O) groups excluding carboxylic acids is 1. The first kappa shape index (κ1) is 15.4. The Morgan fingerprint density at radius 3 is 2.76 bits per heavy atom. The number of aromatic nitrogens is 4. The second kappa shape index (κ2) is 6.19. The van der Waals surface area contributed by atoms with Gasteiger partial charge in [0.15, 0.2) is 0 Å². The van der Waals surface area contributed by atoms with E-state index in [1.807, 2.05) is 24.3 Å². The first-order valence-corrected chi connectivity index (χ1v) is 6.61. The van der Waals surface area contributed by atoms with Crippen LogP contribution in [0.25, 0.3) is 5.69 Å². The van der Waals surface area contributed by atoms with Crippen molar-refractivity contribution in [3.63, 3.8) is 0 Å². The van der Waals surface area contributed by atoms with Crippen LogP contribution in [0.3, 0.4) is 0 Å². The van der Waals surface area contributed by atoms with Gasteiger partial charge < -0.3 is 11.1 Å². The lowest BCUT2D eigenvalue weighted by molar-refractivity contribution is -0.121. The van der Waals surface area contributed by atoms with Crippen molar-refractivity contribution in [3.8, 4) is 5.69 Å². The first-order valence-electron chi connectivity index (χ1n) is 6.61. The summed E-state index contributed by atoms with van der Waals surface area (Å²) in [5.41, 5.74) is 6.88. The van der Waals surface area contributed by atoms with Gasteiger partial charge in [-0.25, -0.2) is 4.68 Å². The zero-order chi connectivity index (χ0) is 14.0. The monoisotopic (exact) mass is 308 g/mol. The van der Waals surface area contributed by atoms with E-state index in [0.717, 1.165) is 31.4 Å². The molecule has 1 fully saturated rings. The third kappa shape index (κ3) is 3.20. The number of amides is 1. The highest BCUT2D eigenvalue weighted by Crippen LogP contribution is 2.28. The molecule has 0 saturated heterocycles. The van der Waals surface area contributed by atoms with Crippen molar-refractivity contribution in [2.75, 3.05) is 5.32 Å². The fraction of sp³-hybridized carbons (Fsp3) is 0.385. The molecule has 0 radical (unpaired) electrons. The number of benzene rings is 1. The lowest BCUT2D eigenvalue weighted by Crippen LogP contribution is -2.48. The third-order valence-corrected chi connectivity index (χ3v) is 3.67. The minimum atomic E-state index is -0.731. The van der Waals surface area contributed by atoms with Crippen LogP contribution in [0.5, 0.6) is 0 Å². The van der Waals surface area contributed by atoms with Crippen LogP contribution in [0, 0.1) is 0 Å². The van der Waals surface area contributed by atoms with E-state index in [4.69, 9.17) is 5.73 Å². The summed E-state index contributed by atoms with van der Waals surface area (Å²) in [7, 11) is 0. The molecular formula is C13H17ClN6O. The van der Waals surface area contributed by atoms with Crippen molar-refractivity contribution in [2.24, 2.45) is 5.73 Å². The summed E-state index contributed by atoms with van der Waals surface area (Å²) >= 11 is 0. The molecule has 3 rings (SSSR count). The van der Waals surface area contributed by atoms with Crippen molar-refractivity contribution < 1.29 is 4.79 Å². The smallest absolute Gasteiger partial charge is 0.244 e. The Hall–Kier alpha value is -1.99. The summed E-state index contributed by atoms with van der Waals surface area (Å²) in [5, 5.41) is 13.9. The second-order valence-corrected chi connectivity index (χ2v) is 5.12. The van der Waals surface area contributed by atoms with Gasteiger partial charge in [-0.15, -0.1) is 17.5 Å². The molecule has 1 amide bonds. The Morgan fingerprint density at radius 2 is 2.10 bits per heavy atom. The SMILES string of the molecule is Cl.NC1(C(=O)Nc2cccc(-n3cnnn3)c2)CCCC1. The first-order chi connectivity index (χ1) is 9.67. The summed E-state index contributed by atoms with van der Waals surface area (Å²) in [5.74, 6) is -0.121. The van der Waals surface area contributed by atoms with E-state index >= 15 is 0 Å². The Kier molecular flexibility index (Phi) is 4.54. The minimum Gasteiger partial charge on any atom is -0.324 e. The highest BCUT2D eigenvalue weighted by Gasteiger charge is 2.36. The Labute approximate surface area is 128 Å². The third-order valence-electron chi connectivity index (χ3n) is 3.67. The normalized spacial score (nSPS) is 16.2. The Bertz CT molecular complexity index is 609. The molecule has 21 heavy (non-hydrogen) atoms. The van der Waals surface area contributed by atoms with E-state index in [-0.39, 0.29) is 18.3 Å². The van der Waals surface area contributed by atoms with Gasteiger partial charge in [0.2, 0.25) is 5.91 Å². The van der Waals surface area contributed by atoms with Gasteiger partial charge in [-0.05, 0) is 41.5 Å². The van der Waals surface area contributed by atoms with E-state index in [2.05, 4.69) is 20.8 Å². The fourth-order valence-corrected chi connectivity index (χ4v) is 2.49. The van der Waals surface area contributed by atoms with Gasteiger partial charge in [-0.1, -0.05) is 18.9 Å². The summed E-state index contributed by atoms with van der Waals surface area (Å²) in [6.07, 6.45) is 5.00. The summed E-state index contributed by atoms with van der Waals surface area (Å²) in [6.45, 7) is 0. The molecule has 7 nitrogen and oxygen atoms in total. The van der Waals surface area contributed by atoms with Gasteiger partial charge in [0.05, 0.1) is 11.2 Å². The molecule has 1 aliphatic carbocycles. The number of tetrazole rings is 1. The average Bonchev–Trinajstić information content (AvgIpc) is 3.11. The van der Waals surface area contributed by atoms with Crippen LogP contribution in [0.4, 0.5) is 5.69 Å². The lowest BCUT2D eigenvalue weighted by Gasteiger charge is -2.22. The van der Waals surface area contributed by atoms with Gasteiger partial charge in [0, 0.05) is 5.69 Å². The van der Waals surface area contributed by atoms with Crippen LogP contribution < -0.4 is 11.1 Å². The molecule has 0 unspecified atom stereocenters. The summed E-state index contributed by atoms with van der Waals surface area (Å²) in [6, 6.07) is 7.33. The highest BCUT2D eigenvalue weighted by molar-refractivity contribution is 5.98. The van der Waals surface area contributed by atoms with E-state index in [9.17, 15) is 4.79 Å². The number of nitrogens with two attached hydrogens (primary N) is 1. The number of hydrogen-bond acceptors (Lipinski definition) is 5. The van der Waals surface area contributed by atoms with Gasteiger partial charge in [0.1, 0.15) is 6.33 Å². The molecular weight excluding hydrogens is 292 g/mol. The van der Waals surface area contributed by atoms with E-state index < -0.39 is 5.54 Å². The molecule has 8 heteroatoms. The zero-order valence-corrected chi connectivity index (χ0v) is 12.2. The number of rotatable bonds is 3. The molecule has 1 aromatic heterocycles. The summed E-state index contributed by atoms with van der Waals surface area (Å²) in [4.78, 5) is 12.3. The molecule has 0 atom stereocenters. The van der Waals surface area contributed by atoms with E-state index in [1.54, 1.807) is 0 Å². The van der Waals surface area contributed by atoms with Gasteiger partial charge in [0.25, 0.3) is 0 Å². The minimum absolute atomic E-state index is 0. The Balaban J connectivity index is 0.00000161. The second-order valence-electron chi connectivity index (χ2n) is 5.12.